The largest absolute Gasteiger partial charge is 0.448 e. The van der Waals surface area contributed by atoms with Crippen molar-refractivity contribution in [3.8, 4) is 11.5 Å². The number of nitrogens with zero attached hydrogens (tertiary/aromatic N) is 1. The number of hydrogen-bond acceptors (Lipinski definition) is 5. The fourth-order valence-electron chi connectivity index (χ4n) is 3.15. The van der Waals surface area contributed by atoms with Crippen LogP contribution in [0, 0.1) is 6.92 Å². The zero-order valence-electron chi connectivity index (χ0n) is 17.4. The second kappa shape index (κ2) is 9.87. The maximum absolute atomic E-state index is 12.6. The summed E-state index contributed by atoms with van der Waals surface area (Å²) in [6, 6.07) is 18.9. The number of nitrogens with one attached hydrogen (secondary N) is 1. The number of esters is 1. The van der Waals surface area contributed by atoms with Gasteiger partial charge in [0.2, 0.25) is 5.89 Å². The molecular weight excluding hydrogens is 380 g/mol. The van der Waals surface area contributed by atoms with Crippen molar-refractivity contribution in [2.24, 2.45) is 0 Å². The van der Waals surface area contributed by atoms with E-state index in [2.05, 4.69) is 17.2 Å². The lowest BCUT2D eigenvalue weighted by Crippen LogP contribution is -2.38. The molecule has 0 saturated heterocycles. The summed E-state index contributed by atoms with van der Waals surface area (Å²) in [5, 5.41) is 2.98. The molecule has 1 N–H and O–H groups in total. The average molecular weight is 406 g/mol. The highest BCUT2D eigenvalue weighted by molar-refractivity contribution is 5.91. The number of benzene rings is 2. The van der Waals surface area contributed by atoms with E-state index >= 15 is 0 Å². The number of aryl methyl sites for hydroxylation is 1. The first kappa shape index (κ1) is 21.3. The quantitative estimate of drug-likeness (QED) is 0.541. The molecule has 6 nitrogen and oxygen atoms in total. The Morgan fingerprint density at radius 1 is 1.07 bits per heavy atom. The first-order valence-electron chi connectivity index (χ1n) is 10.1. The molecule has 1 heterocycles. The third-order valence-corrected chi connectivity index (χ3v) is 4.76. The Bertz CT molecular complexity index is 983. The maximum Gasteiger partial charge on any atom is 0.361 e. The van der Waals surface area contributed by atoms with Gasteiger partial charge in [-0.15, -0.1) is 0 Å². The van der Waals surface area contributed by atoms with E-state index in [9.17, 15) is 9.59 Å². The van der Waals surface area contributed by atoms with E-state index < -0.39 is 12.1 Å². The third kappa shape index (κ3) is 5.14. The Kier molecular flexibility index (Phi) is 7.01. The summed E-state index contributed by atoms with van der Waals surface area (Å²) in [7, 11) is 0. The molecule has 0 aliphatic rings. The van der Waals surface area contributed by atoms with E-state index in [-0.39, 0.29) is 17.6 Å². The van der Waals surface area contributed by atoms with Gasteiger partial charge in [-0.25, -0.2) is 9.78 Å². The predicted octanol–water partition coefficient (Wildman–Crippen LogP) is 4.85. The first-order valence-corrected chi connectivity index (χ1v) is 10.1. The van der Waals surface area contributed by atoms with Crippen molar-refractivity contribution in [3.05, 3.63) is 77.7 Å². The van der Waals surface area contributed by atoms with Gasteiger partial charge in [0.1, 0.15) is 5.76 Å². The van der Waals surface area contributed by atoms with Gasteiger partial charge in [-0.3, -0.25) is 4.79 Å². The van der Waals surface area contributed by atoms with E-state index in [1.807, 2.05) is 60.7 Å². The Hall–Kier alpha value is -3.41. The monoisotopic (exact) mass is 406 g/mol. The van der Waals surface area contributed by atoms with Gasteiger partial charge in [-0.05, 0) is 38.0 Å². The summed E-state index contributed by atoms with van der Waals surface area (Å²) in [5.74, 6) is -0.355. The van der Waals surface area contributed by atoms with Crippen LogP contribution in [0.1, 0.15) is 54.5 Å². The fourth-order valence-corrected chi connectivity index (χ4v) is 3.15. The van der Waals surface area contributed by atoms with Crippen LogP contribution in [0.15, 0.2) is 65.1 Å². The lowest BCUT2D eigenvalue weighted by Gasteiger charge is -2.21. The van der Waals surface area contributed by atoms with Crippen molar-refractivity contribution < 1.29 is 18.7 Å². The van der Waals surface area contributed by atoms with Crippen molar-refractivity contribution >= 4 is 11.9 Å². The molecule has 2 aromatic carbocycles. The van der Waals surface area contributed by atoms with Crippen molar-refractivity contribution in [3.63, 3.8) is 0 Å². The number of carbonyl (C=O) groups is 2. The summed E-state index contributed by atoms with van der Waals surface area (Å²) in [6.07, 6.45) is 0.741. The Balaban J connectivity index is 1.66. The molecule has 1 aromatic heterocycles. The minimum absolute atomic E-state index is 0.0710. The third-order valence-electron chi connectivity index (χ3n) is 4.76. The van der Waals surface area contributed by atoms with Crippen molar-refractivity contribution in [2.45, 2.75) is 45.8 Å². The summed E-state index contributed by atoms with van der Waals surface area (Å²) in [4.78, 5) is 29.5. The van der Waals surface area contributed by atoms with E-state index in [1.54, 1.807) is 13.8 Å². The Morgan fingerprint density at radius 2 is 1.70 bits per heavy atom. The number of rotatable bonds is 8. The molecule has 6 heteroatoms. The summed E-state index contributed by atoms with van der Waals surface area (Å²) >= 11 is 0. The molecule has 3 aromatic rings. The van der Waals surface area contributed by atoms with Crippen molar-refractivity contribution in [2.75, 3.05) is 0 Å². The van der Waals surface area contributed by atoms with Gasteiger partial charge in [-0.2, -0.15) is 0 Å². The number of hydrogen-bond donors (Lipinski definition) is 1. The normalized spacial score (nSPS) is 12.8. The number of aromatic nitrogens is 1. The Labute approximate surface area is 176 Å². The van der Waals surface area contributed by atoms with E-state index in [4.69, 9.17) is 9.15 Å². The van der Waals surface area contributed by atoms with Crippen LogP contribution in [0.2, 0.25) is 0 Å². The van der Waals surface area contributed by atoms with Gasteiger partial charge < -0.3 is 14.5 Å². The highest BCUT2D eigenvalue weighted by Crippen LogP contribution is 2.22. The average Bonchev–Trinajstić information content (AvgIpc) is 3.16. The molecule has 1 amide bonds. The highest BCUT2D eigenvalue weighted by Gasteiger charge is 2.25. The van der Waals surface area contributed by atoms with Gasteiger partial charge >= 0.3 is 5.97 Å². The topological polar surface area (TPSA) is 81.4 Å². The minimum Gasteiger partial charge on any atom is -0.448 e. The van der Waals surface area contributed by atoms with Crippen LogP contribution >= 0.6 is 0 Å². The molecule has 156 valence electrons. The Morgan fingerprint density at radius 3 is 2.33 bits per heavy atom. The molecule has 0 bridgehead atoms. The number of amides is 1. The minimum atomic E-state index is -0.961. The maximum atomic E-state index is 12.6. The summed E-state index contributed by atoms with van der Waals surface area (Å²) in [6.45, 7) is 5.26. The van der Waals surface area contributed by atoms with Gasteiger partial charge in [0.15, 0.2) is 11.8 Å². The molecule has 0 fully saturated rings. The number of ether oxygens (including phenoxy) is 1. The molecule has 0 spiro atoms. The molecule has 3 rings (SSSR count). The van der Waals surface area contributed by atoms with E-state index in [1.165, 1.54) is 0 Å². The lowest BCUT2D eigenvalue weighted by molar-refractivity contribution is -0.130. The smallest absolute Gasteiger partial charge is 0.361 e. The summed E-state index contributed by atoms with van der Waals surface area (Å²) in [5.41, 5.74) is 1.85. The first-order chi connectivity index (χ1) is 14.5. The van der Waals surface area contributed by atoms with Crippen LogP contribution in [-0.2, 0) is 9.53 Å². The molecule has 30 heavy (non-hydrogen) atoms. The highest BCUT2D eigenvalue weighted by atomic mass is 16.5. The zero-order chi connectivity index (χ0) is 21.5. The van der Waals surface area contributed by atoms with Crippen LogP contribution in [0.3, 0.4) is 0 Å². The van der Waals surface area contributed by atoms with Crippen molar-refractivity contribution in [1.82, 2.24) is 10.3 Å². The number of oxazole rings is 1. The molecule has 0 saturated carbocycles. The van der Waals surface area contributed by atoms with Crippen LogP contribution < -0.4 is 5.32 Å². The molecule has 0 unspecified atom stereocenters. The van der Waals surface area contributed by atoms with Gasteiger partial charge in [0.25, 0.3) is 5.91 Å². The second-order valence-corrected chi connectivity index (χ2v) is 7.10. The molecule has 0 aliphatic carbocycles. The standard InChI is InChI=1S/C24H26N2O4/c1-4-11-20(18-12-7-5-8-13-18)25-22(27)17(3)30-24(28)21-16(2)29-23(26-21)19-14-9-6-10-15-19/h5-10,12-15,17,20H,4,11H2,1-3H3,(H,25,27)/t17-,20+/m1/s1. The predicted molar refractivity (Wildman–Crippen MR) is 114 cm³/mol. The lowest BCUT2D eigenvalue weighted by atomic mass is 10.0. The van der Waals surface area contributed by atoms with Crippen LogP contribution in [-0.4, -0.2) is 23.0 Å². The van der Waals surface area contributed by atoms with Crippen LogP contribution in [0.25, 0.3) is 11.5 Å². The van der Waals surface area contributed by atoms with Crippen LogP contribution in [0.4, 0.5) is 0 Å². The molecule has 0 radical (unpaired) electrons. The van der Waals surface area contributed by atoms with E-state index in [0.717, 1.165) is 24.0 Å². The van der Waals surface area contributed by atoms with Gasteiger partial charge in [-0.1, -0.05) is 61.9 Å². The second-order valence-electron chi connectivity index (χ2n) is 7.10. The number of carbonyl (C=O) groups excluding carboxylic acids is 2. The molecule has 2 atom stereocenters. The van der Waals surface area contributed by atoms with Crippen molar-refractivity contribution in [1.29, 1.82) is 0 Å². The summed E-state index contributed by atoms with van der Waals surface area (Å²) < 4.78 is 11.0. The van der Waals surface area contributed by atoms with Gasteiger partial charge in [0, 0.05) is 5.56 Å². The van der Waals surface area contributed by atoms with E-state index in [0.29, 0.717) is 11.7 Å². The SMILES string of the molecule is CCC[C@H](NC(=O)[C@@H](C)OC(=O)c1nc(-c2ccccc2)oc1C)c1ccccc1. The fraction of sp³-hybridized carbons (Fsp3) is 0.292. The molecule has 0 aliphatic heterocycles. The van der Waals surface area contributed by atoms with Crippen LogP contribution in [0.5, 0.6) is 0 Å². The molecular formula is C24H26N2O4. The zero-order valence-corrected chi connectivity index (χ0v) is 17.4. The van der Waals surface area contributed by atoms with Gasteiger partial charge in [0.05, 0.1) is 6.04 Å².